The minimum atomic E-state index is -0.368. The molecule has 36 heavy (non-hydrogen) atoms. The lowest BCUT2D eigenvalue weighted by molar-refractivity contribution is -0.144. The van der Waals surface area contributed by atoms with Crippen molar-refractivity contribution in [2.24, 2.45) is 29.6 Å². The van der Waals surface area contributed by atoms with Crippen molar-refractivity contribution >= 4 is 18.1 Å². The largest absolute Gasteiger partial charge is 0.462 e. The summed E-state index contributed by atoms with van der Waals surface area (Å²) in [7, 11) is 0. The molecule has 2 saturated carbocycles. The van der Waals surface area contributed by atoms with Gasteiger partial charge in [-0.1, -0.05) is 24.3 Å². The lowest BCUT2D eigenvalue weighted by Gasteiger charge is -2.47. The summed E-state index contributed by atoms with van der Waals surface area (Å²) in [6.07, 6.45) is 9.07. The third kappa shape index (κ3) is 5.01. The first-order valence-electron chi connectivity index (χ1n) is 13.0. The number of halogens is 1. The first-order valence-corrected chi connectivity index (χ1v) is 13.0. The van der Waals surface area contributed by atoms with Crippen LogP contribution in [-0.2, 0) is 14.3 Å². The minimum Gasteiger partial charge on any atom is -0.462 e. The number of carbonyl (C=O) groups is 2. The van der Waals surface area contributed by atoms with Crippen LogP contribution >= 0.6 is 0 Å². The lowest BCUT2D eigenvalue weighted by Crippen LogP contribution is -2.48. The average Bonchev–Trinajstić information content (AvgIpc) is 3.15. The maximum Gasteiger partial charge on any atom is 0.407 e. The van der Waals surface area contributed by atoms with Gasteiger partial charge in [-0.3, -0.25) is 9.78 Å². The summed E-state index contributed by atoms with van der Waals surface area (Å²) in [5, 5.41) is 3.00. The third-order valence-electron chi connectivity index (χ3n) is 8.18. The third-order valence-corrected chi connectivity index (χ3v) is 8.18. The number of ether oxygens (including phenoxy) is 2. The highest BCUT2D eigenvalue weighted by Crippen LogP contribution is 2.53. The van der Waals surface area contributed by atoms with Gasteiger partial charge in [-0.25, -0.2) is 9.18 Å². The van der Waals surface area contributed by atoms with Crippen molar-refractivity contribution in [1.82, 2.24) is 10.3 Å². The maximum absolute atomic E-state index is 13.6. The smallest absolute Gasteiger partial charge is 0.407 e. The zero-order valence-electron chi connectivity index (χ0n) is 20.7. The summed E-state index contributed by atoms with van der Waals surface area (Å²) in [6, 6.07) is 10.4. The van der Waals surface area contributed by atoms with Crippen molar-refractivity contribution in [2.45, 2.75) is 51.7 Å². The molecule has 1 aromatic heterocycles. The Balaban J connectivity index is 1.34. The number of carbonyl (C=O) groups excluding carboxylic acids is 2. The van der Waals surface area contributed by atoms with Crippen LogP contribution in [0.2, 0.25) is 0 Å². The second-order valence-electron chi connectivity index (χ2n) is 10.3. The highest BCUT2D eigenvalue weighted by molar-refractivity contribution is 5.75. The number of hydrogen-bond donors (Lipinski definition) is 1. The number of cyclic esters (lactones) is 1. The number of benzene rings is 1. The van der Waals surface area contributed by atoms with Crippen LogP contribution in [0, 0.1) is 35.4 Å². The standard InChI is InChI=1S/C29H33FN2O4/c1-3-35-29(34)32-23-10-11-24-20(14-23)15-26-27(17(2)36-28(26)33)25(24)12-9-22-8-7-19(16-31-22)18-5-4-6-21(30)13-18/h4-9,12-13,16-17,20,23-27H,3,10-11,14-15H2,1-2H3,(H,32,34)/b12-9+/t17-,20+,23+,24+,25-,26-,27+/m1/s1. The Labute approximate surface area is 211 Å². The fraction of sp³-hybridized carbons (Fsp3) is 0.483. The van der Waals surface area contributed by atoms with Crippen LogP contribution in [0.15, 0.2) is 48.7 Å². The van der Waals surface area contributed by atoms with E-state index in [2.05, 4.69) is 16.4 Å². The van der Waals surface area contributed by atoms with Crippen molar-refractivity contribution in [1.29, 1.82) is 0 Å². The second-order valence-corrected chi connectivity index (χ2v) is 10.3. The van der Waals surface area contributed by atoms with E-state index in [1.54, 1.807) is 19.2 Å². The van der Waals surface area contributed by atoms with Gasteiger partial charge in [0, 0.05) is 23.7 Å². The summed E-state index contributed by atoms with van der Waals surface area (Å²) >= 11 is 0. The first kappa shape index (κ1) is 24.5. The Morgan fingerprint density at radius 3 is 2.83 bits per heavy atom. The van der Waals surface area contributed by atoms with Gasteiger partial charge in [-0.05, 0) is 87.1 Å². The fourth-order valence-electron chi connectivity index (χ4n) is 6.64. The molecule has 1 saturated heterocycles. The normalized spacial score (nSPS) is 31.4. The Hall–Kier alpha value is -3.22. The topological polar surface area (TPSA) is 77.5 Å². The SMILES string of the molecule is CCOC(=O)N[C@H]1CC[C@H]2[C@@H](C1)C[C@H]1C(=O)O[C@H](C)[C@H]1[C@@H]2/C=C/c1ccc(-c2cccc(F)c2)cn1. The average molecular weight is 493 g/mol. The zero-order valence-corrected chi connectivity index (χ0v) is 20.7. The number of pyridine rings is 1. The van der Waals surface area contributed by atoms with Gasteiger partial charge in [-0.2, -0.15) is 0 Å². The molecule has 1 aromatic carbocycles. The predicted molar refractivity (Wildman–Crippen MR) is 134 cm³/mol. The van der Waals surface area contributed by atoms with E-state index in [1.807, 2.05) is 31.2 Å². The molecule has 7 heteroatoms. The van der Waals surface area contributed by atoms with E-state index in [4.69, 9.17) is 9.47 Å². The molecule has 0 spiro atoms. The number of fused-ring (bicyclic) bond motifs is 2. The summed E-state index contributed by atoms with van der Waals surface area (Å²) in [5.41, 5.74) is 2.48. The number of esters is 1. The van der Waals surface area contributed by atoms with E-state index in [-0.39, 0.29) is 47.8 Å². The maximum atomic E-state index is 13.6. The number of alkyl carbamates (subject to hydrolysis) is 1. The molecule has 0 bridgehead atoms. The summed E-state index contributed by atoms with van der Waals surface area (Å²) < 4.78 is 24.3. The molecule has 0 radical (unpaired) electrons. The van der Waals surface area contributed by atoms with Gasteiger partial charge in [0.2, 0.25) is 0 Å². The quantitative estimate of drug-likeness (QED) is 0.548. The fourth-order valence-corrected chi connectivity index (χ4v) is 6.64. The van der Waals surface area contributed by atoms with Gasteiger partial charge in [0.25, 0.3) is 0 Å². The highest BCUT2D eigenvalue weighted by Gasteiger charge is 2.54. The molecular weight excluding hydrogens is 459 g/mol. The number of nitrogens with zero attached hydrogens (tertiary/aromatic N) is 1. The Bertz CT molecular complexity index is 1130. The van der Waals surface area contributed by atoms with E-state index >= 15 is 0 Å². The van der Waals surface area contributed by atoms with Crippen molar-refractivity contribution in [3.63, 3.8) is 0 Å². The molecule has 1 N–H and O–H groups in total. The lowest BCUT2D eigenvalue weighted by atomic mass is 9.57. The van der Waals surface area contributed by atoms with Crippen LogP contribution in [0.1, 0.15) is 45.2 Å². The number of amides is 1. The van der Waals surface area contributed by atoms with E-state index in [0.717, 1.165) is 42.5 Å². The molecule has 2 aromatic rings. The second kappa shape index (κ2) is 10.4. The molecule has 3 fully saturated rings. The van der Waals surface area contributed by atoms with Gasteiger partial charge < -0.3 is 14.8 Å². The molecule has 1 amide bonds. The van der Waals surface area contributed by atoms with Crippen molar-refractivity contribution in [3.05, 3.63) is 60.2 Å². The van der Waals surface area contributed by atoms with E-state index in [1.165, 1.54) is 12.1 Å². The molecule has 3 aliphatic rings. The van der Waals surface area contributed by atoms with Crippen LogP contribution in [0.3, 0.4) is 0 Å². The molecule has 2 aliphatic carbocycles. The van der Waals surface area contributed by atoms with E-state index in [9.17, 15) is 14.0 Å². The summed E-state index contributed by atoms with van der Waals surface area (Å²) in [5.74, 6) is 0.629. The summed E-state index contributed by atoms with van der Waals surface area (Å²) in [6.45, 7) is 4.15. The molecular formula is C29H33FN2O4. The minimum absolute atomic E-state index is 0.0679. The van der Waals surface area contributed by atoms with Crippen molar-refractivity contribution in [3.8, 4) is 11.1 Å². The van der Waals surface area contributed by atoms with Crippen molar-refractivity contribution in [2.75, 3.05) is 6.61 Å². The molecule has 0 unspecified atom stereocenters. The van der Waals surface area contributed by atoms with Crippen LogP contribution in [0.25, 0.3) is 17.2 Å². The van der Waals surface area contributed by atoms with Gasteiger partial charge in [0.15, 0.2) is 0 Å². The van der Waals surface area contributed by atoms with Crippen LogP contribution < -0.4 is 5.32 Å². The van der Waals surface area contributed by atoms with Gasteiger partial charge >= 0.3 is 12.1 Å². The highest BCUT2D eigenvalue weighted by atomic mass is 19.1. The van der Waals surface area contributed by atoms with Gasteiger partial charge in [0.05, 0.1) is 18.2 Å². The zero-order chi connectivity index (χ0) is 25.2. The Morgan fingerprint density at radius 1 is 1.22 bits per heavy atom. The monoisotopic (exact) mass is 492 g/mol. The van der Waals surface area contributed by atoms with Gasteiger partial charge in [-0.15, -0.1) is 0 Å². The number of allylic oxidation sites excluding steroid dienone is 1. The number of hydrogen-bond acceptors (Lipinski definition) is 5. The number of rotatable bonds is 5. The molecule has 190 valence electrons. The molecule has 2 heterocycles. The first-order chi connectivity index (χ1) is 17.4. The van der Waals surface area contributed by atoms with E-state index in [0.29, 0.717) is 18.4 Å². The van der Waals surface area contributed by atoms with Crippen molar-refractivity contribution < 1.29 is 23.5 Å². The van der Waals surface area contributed by atoms with Crippen LogP contribution in [0.5, 0.6) is 0 Å². The molecule has 6 nitrogen and oxygen atoms in total. The predicted octanol–water partition coefficient (Wildman–Crippen LogP) is 5.63. The van der Waals surface area contributed by atoms with Gasteiger partial charge in [0.1, 0.15) is 11.9 Å². The summed E-state index contributed by atoms with van der Waals surface area (Å²) in [4.78, 5) is 29.2. The Morgan fingerprint density at radius 2 is 2.08 bits per heavy atom. The Kier molecular flexibility index (Phi) is 7.08. The number of nitrogens with one attached hydrogen (secondary N) is 1. The molecule has 7 atom stereocenters. The number of aromatic nitrogens is 1. The van der Waals surface area contributed by atoms with Crippen LogP contribution in [-0.4, -0.2) is 35.8 Å². The van der Waals surface area contributed by atoms with Crippen LogP contribution in [0.4, 0.5) is 9.18 Å². The molecule has 5 rings (SSSR count). The molecule has 1 aliphatic heterocycles. The van der Waals surface area contributed by atoms with E-state index < -0.39 is 0 Å².